The Morgan fingerprint density at radius 3 is 2.68 bits per heavy atom. The minimum absolute atomic E-state index is 0.130. The molecule has 0 saturated heterocycles. The summed E-state index contributed by atoms with van der Waals surface area (Å²) in [5, 5.41) is 13.7. The molecule has 0 unspecified atom stereocenters. The van der Waals surface area contributed by atoms with E-state index in [1.165, 1.54) is 31.0 Å². The van der Waals surface area contributed by atoms with Crippen LogP contribution in [0.25, 0.3) is 0 Å². The quantitative estimate of drug-likeness (QED) is 0.518. The van der Waals surface area contributed by atoms with Crippen molar-refractivity contribution in [2.24, 2.45) is 0 Å². The third-order valence-electron chi connectivity index (χ3n) is 2.98. The summed E-state index contributed by atoms with van der Waals surface area (Å²) in [6, 6.07) is 11.3. The fourth-order valence-corrected chi connectivity index (χ4v) is 2.31. The van der Waals surface area contributed by atoms with E-state index >= 15 is 0 Å². The first kappa shape index (κ1) is 15.8. The highest BCUT2D eigenvalue weighted by Gasteiger charge is 2.18. The maximum atomic E-state index is 12.2. The van der Waals surface area contributed by atoms with Crippen molar-refractivity contribution >= 4 is 29.0 Å². The van der Waals surface area contributed by atoms with E-state index in [9.17, 15) is 14.9 Å². The van der Waals surface area contributed by atoms with Crippen molar-refractivity contribution in [2.45, 2.75) is 4.90 Å². The van der Waals surface area contributed by atoms with Gasteiger partial charge in [0.15, 0.2) is 0 Å². The Kier molecular flexibility index (Phi) is 5.00. The summed E-state index contributed by atoms with van der Waals surface area (Å²) in [5.74, 6) is -0.0433. The molecule has 2 rings (SSSR count). The third-order valence-corrected chi connectivity index (χ3v) is 3.71. The topological polar surface area (TPSA) is 81.5 Å². The Morgan fingerprint density at radius 2 is 2.05 bits per heavy atom. The lowest BCUT2D eigenvalue weighted by atomic mass is 10.2. The number of nitrogens with one attached hydrogen (secondary N) is 1. The number of thioether (sulfide) groups is 1. The fraction of sp³-hybridized carbons (Fsp3) is 0.133. The largest absolute Gasteiger partial charge is 0.496 e. The number of ether oxygens (including phenoxy) is 1. The van der Waals surface area contributed by atoms with Gasteiger partial charge in [0.1, 0.15) is 11.4 Å². The number of nitrogens with zero attached hydrogens (tertiary/aromatic N) is 1. The molecule has 1 amide bonds. The molecule has 22 heavy (non-hydrogen) atoms. The van der Waals surface area contributed by atoms with Crippen LogP contribution in [0.4, 0.5) is 11.4 Å². The molecule has 1 N–H and O–H groups in total. The number of nitro benzene ring substituents is 1. The van der Waals surface area contributed by atoms with Gasteiger partial charge >= 0.3 is 0 Å². The molecule has 0 bridgehead atoms. The first-order valence-electron chi connectivity index (χ1n) is 6.33. The van der Waals surface area contributed by atoms with Crippen molar-refractivity contribution in [3.8, 4) is 5.75 Å². The van der Waals surface area contributed by atoms with Crippen LogP contribution in [-0.4, -0.2) is 24.2 Å². The summed E-state index contributed by atoms with van der Waals surface area (Å²) >= 11 is 1.51. The summed E-state index contributed by atoms with van der Waals surface area (Å²) in [6.45, 7) is 0. The number of amides is 1. The van der Waals surface area contributed by atoms with E-state index < -0.39 is 10.8 Å². The number of rotatable bonds is 5. The molecule has 0 aliphatic rings. The summed E-state index contributed by atoms with van der Waals surface area (Å²) in [7, 11) is 1.42. The molecule has 0 aliphatic heterocycles. The molecule has 0 atom stereocenters. The highest BCUT2D eigenvalue weighted by Crippen LogP contribution is 2.29. The monoisotopic (exact) mass is 318 g/mol. The Morgan fingerprint density at radius 1 is 1.27 bits per heavy atom. The van der Waals surface area contributed by atoms with Gasteiger partial charge in [-0.25, -0.2) is 0 Å². The molecule has 0 fully saturated rings. The van der Waals surface area contributed by atoms with E-state index in [1.54, 1.807) is 24.3 Å². The number of anilines is 1. The average molecular weight is 318 g/mol. The van der Waals surface area contributed by atoms with Gasteiger partial charge in [0.25, 0.3) is 11.6 Å². The van der Waals surface area contributed by atoms with Gasteiger partial charge in [-0.3, -0.25) is 14.9 Å². The van der Waals surface area contributed by atoms with Gasteiger partial charge in [0.2, 0.25) is 0 Å². The van der Waals surface area contributed by atoms with Gasteiger partial charge in [-0.05, 0) is 36.6 Å². The van der Waals surface area contributed by atoms with Crippen molar-refractivity contribution in [3.05, 3.63) is 58.1 Å². The average Bonchev–Trinajstić information content (AvgIpc) is 2.55. The van der Waals surface area contributed by atoms with Gasteiger partial charge in [0, 0.05) is 10.5 Å². The number of benzene rings is 2. The van der Waals surface area contributed by atoms with Gasteiger partial charge in [-0.2, -0.15) is 0 Å². The van der Waals surface area contributed by atoms with Crippen molar-refractivity contribution in [2.75, 3.05) is 18.7 Å². The van der Waals surface area contributed by atoms with E-state index in [4.69, 9.17) is 4.74 Å². The maximum Gasteiger partial charge on any atom is 0.296 e. The summed E-state index contributed by atoms with van der Waals surface area (Å²) in [6.07, 6.45) is 1.91. The van der Waals surface area contributed by atoms with Crippen LogP contribution in [0, 0.1) is 10.1 Å². The SMILES string of the molecule is COc1ccc(NC(=O)c2cccc(SC)c2)c([N+](=O)[O-])c1. The molecule has 0 spiro atoms. The van der Waals surface area contributed by atoms with Gasteiger partial charge in [-0.15, -0.1) is 11.8 Å². The Bertz CT molecular complexity index is 718. The fourth-order valence-electron chi connectivity index (χ4n) is 1.85. The van der Waals surface area contributed by atoms with E-state index in [1.807, 2.05) is 12.3 Å². The number of nitro groups is 1. The van der Waals surface area contributed by atoms with Crippen LogP contribution in [0.1, 0.15) is 10.4 Å². The van der Waals surface area contributed by atoms with Crippen LogP contribution in [0.5, 0.6) is 5.75 Å². The lowest BCUT2D eigenvalue weighted by Gasteiger charge is -2.08. The minimum Gasteiger partial charge on any atom is -0.496 e. The summed E-state index contributed by atoms with van der Waals surface area (Å²) < 4.78 is 4.96. The normalized spacial score (nSPS) is 10.1. The first-order chi connectivity index (χ1) is 10.5. The van der Waals surface area contributed by atoms with Gasteiger partial charge in [0.05, 0.1) is 18.1 Å². The van der Waals surface area contributed by atoms with Crippen molar-refractivity contribution in [1.82, 2.24) is 0 Å². The smallest absolute Gasteiger partial charge is 0.296 e. The molecule has 0 saturated carbocycles. The number of carbonyl (C=O) groups excluding carboxylic acids is 1. The minimum atomic E-state index is -0.559. The molecular formula is C15H14N2O4S. The molecule has 114 valence electrons. The first-order valence-corrected chi connectivity index (χ1v) is 7.55. The number of carbonyl (C=O) groups is 1. The van der Waals surface area contributed by atoms with Crippen LogP contribution in [-0.2, 0) is 0 Å². The van der Waals surface area contributed by atoms with Crippen molar-refractivity contribution < 1.29 is 14.5 Å². The molecule has 6 nitrogen and oxygen atoms in total. The lowest BCUT2D eigenvalue weighted by Crippen LogP contribution is -2.13. The van der Waals surface area contributed by atoms with E-state index in [2.05, 4.69) is 5.32 Å². The molecule has 0 radical (unpaired) electrons. The zero-order valence-electron chi connectivity index (χ0n) is 12.0. The second kappa shape index (κ2) is 6.95. The van der Waals surface area contributed by atoms with Gasteiger partial charge in [-0.1, -0.05) is 6.07 Å². The summed E-state index contributed by atoms with van der Waals surface area (Å²) in [4.78, 5) is 23.7. The number of methoxy groups -OCH3 is 1. The standard InChI is InChI=1S/C15H14N2O4S/c1-21-11-6-7-13(14(9-11)17(19)20)16-15(18)10-4-3-5-12(8-10)22-2/h3-9H,1-2H3,(H,16,18). The molecule has 0 aliphatic carbocycles. The molecule has 7 heteroatoms. The van der Waals surface area contributed by atoms with Crippen LogP contribution in [0.2, 0.25) is 0 Å². The van der Waals surface area contributed by atoms with Crippen LogP contribution in [0.15, 0.2) is 47.4 Å². The molecule has 2 aromatic carbocycles. The van der Waals surface area contributed by atoms with Crippen LogP contribution in [0.3, 0.4) is 0 Å². The van der Waals surface area contributed by atoms with Crippen LogP contribution < -0.4 is 10.1 Å². The lowest BCUT2D eigenvalue weighted by molar-refractivity contribution is -0.384. The Labute approximate surface area is 131 Å². The van der Waals surface area contributed by atoms with E-state index in [0.717, 1.165) is 4.90 Å². The molecule has 0 aromatic heterocycles. The zero-order valence-corrected chi connectivity index (χ0v) is 12.8. The maximum absolute atomic E-state index is 12.2. The zero-order chi connectivity index (χ0) is 16.1. The number of hydrogen-bond acceptors (Lipinski definition) is 5. The van der Waals surface area contributed by atoms with Crippen molar-refractivity contribution in [1.29, 1.82) is 0 Å². The highest BCUT2D eigenvalue weighted by atomic mass is 32.2. The van der Waals surface area contributed by atoms with E-state index in [-0.39, 0.29) is 11.4 Å². The van der Waals surface area contributed by atoms with E-state index in [0.29, 0.717) is 11.3 Å². The molecule has 2 aromatic rings. The number of hydrogen-bond donors (Lipinski definition) is 1. The predicted octanol–water partition coefficient (Wildman–Crippen LogP) is 3.58. The molecular weight excluding hydrogens is 304 g/mol. The van der Waals surface area contributed by atoms with Crippen molar-refractivity contribution in [3.63, 3.8) is 0 Å². The third kappa shape index (κ3) is 3.56. The summed E-state index contributed by atoms with van der Waals surface area (Å²) in [5.41, 5.74) is 0.357. The highest BCUT2D eigenvalue weighted by molar-refractivity contribution is 7.98. The van der Waals surface area contributed by atoms with Gasteiger partial charge < -0.3 is 10.1 Å². The Hall–Kier alpha value is -2.54. The Balaban J connectivity index is 2.29. The van der Waals surface area contributed by atoms with Crippen LogP contribution >= 0.6 is 11.8 Å². The second-order valence-electron chi connectivity index (χ2n) is 4.33. The predicted molar refractivity (Wildman–Crippen MR) is 85.8 cm³/mol. The second-order valence-corrected chi connectivity index (χ2v) is 5.21. The molecule has 0 heterocycles.